The van der Waals surface area contributed by atoms with Gasteiger partial charge in [-0.3, -0.25) is 4.79 Å². The van der Waals surface area contributed by atoms with Crippen LogP contribution in [0.15, 0.2) is 18.2 Å². The van der Waals surface area contributed by atoms with E-state index in [0.29, 0.717) is 12.2 Å². The van der Waals surface area contributed by atoms with Crippen molar-refractivity contribution in [2.24, 2.45) is 0 Å². The molecule has 0 aromatic heterocycles. The van der Waals surface area contributed by atoms with E-state index in [0.717, 1.165) is 11.1 Å². The van der Waals surface area contributed by atoms with Crippen LogP contribution in [0.3, 0.4) is 0 Å². The van der Waals surface area contributed by atoms with Gasteiger partial charge in [0.1, 0.15) is 5.75 Å². The first kappa shape index (κ1) is 9.72. The minimum atomic E-state index is -0.208. The second-order valence-corrected chi connectivity index (χ2v) is 3.75. The summed E-state index contributed by atoms with van der Waals surface area (Å²) >= 11 is 0. The molecule has 1 aromatic carbocycles. The number of benzene rings is 1. The molecule has 0 fully saturated rings. The molecule has 0 N–H and O–H groups in total. The molecule has 0 aliphatic carbocycles. The molecule has 3 nitrogen and oxygen atoms in total. The summed E-state index contributed by atoms with van der Waals surface area (Å²) in [6.07, 6.45) is 0.701. The van der Waals surface area contributed by atoms with Crippen LogP contribution in [0, 0.1) is 11.3 Å². The summed E-state index contributed by atoms with van der Waals surface area (Å²) in [6, 6.07) is 7.75. The Bertz CT molecular complexity index is 445. The van der Waals surface area contributed by atoms with Crippen LogP contribution in [0.25, 0.3) is 0 Å². The molecule has 76 valence electrons. The number of hydrogen-bond acceptors (Lipinski definition) is 3. The van der Waals surface area contributed by atoms with Crippen molar-refractivity contribution in [1.82, 2.24) is 0 Å². The molecule has 1 unspecified atom stereocenters. The van der Waals surface area contributed by atoms with Gasteiger partial charge in [-0.1, -0.05) is 25.1 Å². The summed E-state index contributed by atoms with van der Waals surface area (Å²) in [5, 5.41) is 8.66. The first-order valence-electron chi connectivity index (χ1n) is 4.91. The van der Waals surface area contributed by atoms with Crippen LogP contribution in [-0.4, -0.2) is 5.97 Å². The van der Waals surface area contributed by atoms with Gasteiger partial charge in [-0.2, -0.15) is 5.26 Å². The van der Waals surface area contributed by atoms with E-state index in [-0.39, 0.29) is 18.3 Å². The zero-order chi connectivity index (χ0) is 10.8. The van der Waals surface area contributed by atoms with Gasteiger partial charge in [0.15, 0.2) is 0 Å². The first-order valence-corrected chi connectivity index (χ1v) is 4.91. The fourth-order valence-electron chi connectivity index (χ4n) is 1.86. The van der Waals surface area contributed by atoms with Gasteiger partial charge >= 0.3 is 5.97 Å². The molecule has 0 radical (unpaired) electrons. The summed E-state index contributed by atoms with van der Waals surface area (Å²) in [7, 11) is 0. The summed E-state index contributed by atoms with van der Waals surface area (Å²) in [4.78, 5) is 11.3. The van der Waals surface area contributed by atoms with Crippen molar-refractivity contribution >= 4 is 5.97 Å². The lowest BCUT2D eigenvalue weighted by atomic mass is 9.92. The van der Waals surface area contributed by atoms with Crippen molar-refractivity contribution in [2.75, 3.05) is 0 Å². The standard InChI is InChI=1S/C12H11NO2/c1-8-7-11(14)15-12-9(5-6-13)3-2-4-10(8)12/h2-4,8H,5,7H2,1H3. The molecule has 0 bridgehead atoms. The van der Waals surface area contributed by atoms with E-state index in [2.05, 4.69) is 6.07 Å². The Balaban J connectivity index is 2.50. The van der Waals surface area contributed by atoms with Crippen LogP contribution in [0.2, 0.25) is 0 Å². The number of carbonyl (C=O) groups is 1. The fraction of sp³-hybridized carbons (Fsp3) is 0.333. The van der Waals surface area contributed by atoms with E-state index in [1.807, 2.05) is 25.1 Å². The molecule has 1 heterocycles. The Labute approximate surface area is 88.3 Å². The predicted octanol–water partition coefficient (Wildman–Crippen LogP) is 2.17. The van der Waals surface area contributed by atoms with Crippen LogP contribution in [0.1, 0.15) is 30.4 Å². The SMILES string of the molecule is CC1CC(=O)Oc2c(CC#N)cccc21. The van der Waals surface area contributed by atoms with E-state index >= 15 is 0 Å². The number of para-hydroxylation sites is 1. The maximum Gasteiger partial charge on any atom is 0.311 e. The Morgan fingerprint density at radius 2 is 2.40 bits per heavy atom. The van der Waals surface area contributed by atoms with Gasteiger partial charge in [0, 0.05) is 5.56 Å². The van der Waals surface area contributed by atoms with Gasteiger partial charge < -0.3 is 4.74 Å². The van der Waals surface area contributed by atoms with Crippen LogP contribution in [0.5, 0.6) is 5.75 Å². The Morgan fingerprint density at radius 1 is 1.60 bits per heavy atom. The van der Waals surface area contributed by atoms with Gasteiger partial charge in [-0.25, -0.2) is 0 Å². The van der Waals surface area contributed by atoms with Crippen molar-refractivity contribution in [3.8, 4) is 11.8 Å². The molecular weight excluding hydrogens is 190 g/mol. The number of ether oxygens (including phenoxy) is 1. The van der Waals surface area contributed by atoms with E-state index < -0.39 is 0 Å². The molecular formula is C12H11NO2. The van der Waals surface area contributed by atoms with Crippen molar-refractivity contribution in [3.63, 3.8) is 0 Å². The average molecular weight is 201 g/mol. The van der Waals surface area contributed by atoms with Crippen LogP contribution >= 0.6 is 0 Å². The van der Waals surface area contributed by atoms with Gasteiger partial charge in [-0.15, -0.1) is 0 Å². The molecule has 15 heavy (non-hydrogen) atoms. The number of esters is 1. The number of nitriles is 1. The number of rotatable bonds is 1. The van der Waals surface area contributed by atoms with Crippen LogP contribution < -0.4 is 4.74 Å². The third kappa shape index (κ3) is 1.71. The topological polar surface area (TPSA) is 50.1 Å². The average Bonchev–Trinajstić information content (AvgIpc) is 2.19. The Morgan fingerprint density at radius 3 is 3.13 bits per heavy atom. The van der Waals surface area contributed by atoms with Crippen molar-refractivity contribution in [3.05, 3.63) is 29.3 Å². The lowest BCUT2D eigenvalue weighted by Gasteiger charge is -2.22. The molecule has 1 aliphatic heterocycles. The summed E-state index contributed by atoms with van der Waals surface area (Å²) in [5.41, 5.74) is 1.83. The van der Waals surface area contributed by atoms with Gasteiger partial charge in [0.2, 0.25) is 0 Å². The fourth-order valence-corrected chi connectivity index (χ4v) is 1.86. The summed E-state index contributed by atoms with van der Waals surface area (Å²) < 4.78 is 5.20. The highest BCUT2D eigenvalue weighted by atomic mass is 16.5. The van der Waals surface area contributed by atoms with Crippen LogP contribution in [0.4, 0.5) is 0 Å². The monoisotopic (exact) mass is 201 g/mol. The van der Waals surface area contributed by atoms with Gasteiger partial charge in [-0.05, 0) is 11.5 Å². The zero-order valence-corrected chi connectivity index (χ0v) is 8.49. The number of nitrogens with zero attached hydrogens (tertiary/aromatic N) is 1. The second kappa shape index (κ2) is 3.74. The molecule has 0 spiro atoms. The van der Waals surface area contributed by atoms with Crippen molar-refractivity contribution in [2.45, 2.75) is 25.7 Å². The zero-order valence-electron chi connectivity index (χ0n) is 8.49. The van der Waals surface area contributed by atoms with E-state index in [1.54, 1.807) is 0 Å². The summed E-state index contributed by atoms with van der Waals surface area (Å²) in [6.45, 7) is 2.00. The van der Waals surface area contributed by atoms with E-state index in [4.69, 9.17) is 10.00 Å². The van der Waals surface area contributed by atoms with E-state index in [9.17, 15) is 4.79 Å². The summed E-state index contributed by atoms with van der Waals surface area (Å²) in [5.74, 6) is 0.572. The maximum absolute atomic E-state index is 11.3. The second-order valence-electron chi connectivity index (χ2n) is 3.75. The van der Waals surface area contributed by atoms with Crippen molar-refractivity contribution < 1.29 is 9.53 Å². The highest BCUT2D eigenvalue weighted by Gasteiger charge is 2.25. The normalized spacial score (nSPS) is 18.9. The molecule has 0 amide bonds. The lowest BCUT2D eigenvalue weighted by Crippen LogP contribution is -2.19. The molecule has 0 saturated carbocycles. The Kier molecular flexibility index (Phi) is 2.42. The quantitative estimate of drug-likeness (QED) is 0.516. The molecule has 2 rings (SSSR count). The van der Waals surface area contributed by atoms with Gasteiger partial charge in [0.25, 0.3) is 0 Å². The highest BCUT2D eigenvalue weighted by molar-refractivity contribution is 5.77. The minimum absolute atomic E-state index is 0.180. The van der Waals surface area contributed by atoms with Crippen molar-refractivity contribution in [1.29, 1.82) is 5.26 Å². The molecule has 3 heteroatoms. The molecule has 1 aromatic rings. The third-order valence-corrected chi connectivity index (χ3v) is 2.62. The number of carbonyl (C=O) groups excluding carboxylic acids is 1. The minimum Gasteiger partial charge on any atom is -0.426 e. The largest absolute Gasteiger partial charge is 0.426 e. The number of fused-ring (bicyclic) bond motifs is 1. The Hall–Kier alpha value is -1.82. The maximum atomic E-state index is 11.3. The molecule has 1 aliphatic rings. The first-order chi connectivity index (χ1) is 7.22. The van der Waals surface area contributed by atoms with Crippen LogP contribution in [-0.2, 0) is 11.2 Å². The molecule has 0 saturated heterocycles. The number of hydrogen-bond donors (Lipinski definition) is 0. The predicted molar refractivity (Wildman–Crippen MR) is 54.4 cm³/mol. The smallest absolute Gasteiger partial charge is 0.311 e. The third-order valence-electron chi connectivity index (χ3n) is 2.62. The molecule has 1 atom stereocenters. The van der Waals surface area contributed by atoms with Gasteiger partial charge in [0.05, 0.1) is 18.9 Å². The van der Waals surface area contributed by atoms with E-state index in [1.165, 1.54) is 0 Å². The lowest BCUT2D eigenvalue weighted by molar-refractivity contribution is -0.135. The highest BCUT2D eigenvalue weighted by Crippen LogP contribution is 2.36.